The molecule has 1 aromatic carbocycles. The molecule has 0 spiro atoms. The summed E-state index contributed by atoms with van der Waals surface area (Å²) in [6.45, 7) is 3.73. The van der Waals surface area contributed by atoms with Crippen LogP contribution in [-0.2, 0) is 9.53 Å². The van der Waals surface area contributed by atoms with Crippen LogP contribution in [-0.4, -0.2) is 39.9 Å². The van der Waals surface area contributed by atoms with Crippen molar-refractivity contribution >= 4 is 11.7 Å². The van der Waals surface area contributed by atoms with E-state index in [0.717, 1.165) is 30.2 Å². The second kappa shape index (κ2) is 6.50. The van der Waals surface area contributed by atoms with Gasteiger partial charge in [0.2, 0.25) is 0 Å². The van der Waals surface area contributed by atoms with E-state index in [1.807, 2.05) is 25.1 Å². The Morgan fingerprint density at radius 1 is 1.35 bits per heavy atom. The Morgan fingerprint density at radius 2 is 2.15 bits per heavy atom. The van der Waals surface area contributed by atoms with Crippen molar-refractivity contribution < 1.29 is 19.0 Å². The van der Waals surface area contributed by atoms with Crippen LogP contribution in [0.3, 0.4) is 0 Å². The first-order valence-electron chi connectivity index (χ1n) is 6.83. The molecule has 1 unspecified atom stereocenters. The average molecular weight is 279 g/mol. The van der Waals surface area contributed by atoms with Gasteiger partial charge in [-0.2, -0.15) is 0 Å². The Labute approximate surface area is 119 Å². The van der Waals surface area contributed by atoms with Crippen LogP contribution in [0.5, 0.6) is 11.5 Å². The van der Waals surface area contributed by atoms with Crippen molar-refractivity contribution in [3.8, 4) is 11.5 Å². The lowest BCUT2D eigenvalue weighted by Crippen LogP contribution is -2.24. The third kappa shape index (κ3) is 2.98. The maximum atomic E-state index is 11.8. The minimum Gasteiger partial charge on any atom is -0.497 e. The van der Waals surface area contributed by atoms with Gasteiger partial charge in [-0.15, -0.1) is 0 Å². The van der Waals surface area contributed by atoms with Crippen molar-refractivity contribution in [1.29, 1.82) is 0 Å². The fraction of sp³-hybridized carbons (Fsp3) is 0.533. The maximum absolute atomic E-state index is 11.8. The Kier molecular flexibility index (Phi) is 4.71. The van der Waals surface area contributed by atoms with Crippen LogP contribution in [0.25, 0.3) is 0 Å². The zero-order valence-corrected chi connectivity index (χ0v) is 12.2. The quantitative estimate of drug-likeness (QED) is 0.772. The maximum Gasteiger partial charge on any atom is 0.310 e. The summed E-state index contributed by atoms with van der Waals surface area (Å²) in [6.07, 6.45) is 0.805. The van der Waals surface area contributed by atoms with E-state index in [1.165, 1.54) is 0 Å². The number of methoxy groups -OCH3 is 2. The first kappa shape index (κ1) is 14.5. The topological polar surface area (TPSA) is 48.0 Å². The van der Waals surface area contributed by atoms with Crippen LogP contribution in [0, 0.1) is 5.92 Å². The largest absolute Gasteiger partial charge is 0.497 e. The number of esters is 1. The average Bonchev–Trinajstić information content (AvgIpc) is 2.96. The molecular formula is C15H21NO4. The van der Waals surface area contributed by atoms with Crippen molar-refractivity contribution in [2.24, 2.45) is 5.92 Å². The van der Waals surface area contributed by atoms with Gasteiger partial charge >= 0.3 is 5.97 Å². The Hall–Kier alpha value is -1.91. The van der Waals surface area contributed by atoms with Gasteiger partial charge in [-0.25, -0.2) is 0 Å². The molecule has 1 aliphatic heterocycles. The summed E-state index contributed by atoms with van der Waals surface area (Å²) < 4.78 is 15.7. The Morgan fingerprint density at radius 3 is 2.80 bits per heavy atom. The van der Waals surface area contributed by atoms with E-state index in [1.54, 1.807) is 14.2 Å². The Bertz CT molecular complexity index is 475. The summed E-state index contributed by atoms with van der Waals surface area (Å²) in [5, 5.41) is 0. The second-order valence-electron chi connectivity index (χ2n) is 4.72. The van der Waals surface area contributed by atoms with E-state index in [0.29, 0.717) is 13.2 Å². The van der Waals surface area contributed by atoms with Crippen LogP contribution >= 0.6 is 0 Å². The fourth-order valence-electron chi connectivity index (χ4n) is 2.48. The van der Waals surface area contributed by atoms with Crippen LogP contribution in [0.2, 0.25) is 0 Å². The van der Waals surface area contributed by atoms with E-state index in [9.17, 15) is 4.79 Å². The van der Waals surface area contributed by atoms with E-state index >= 15 is 0 Å². The van der Waals surface area contributed by atoms with E-state index in [-0.39, 0.29) is 11.9 Å². The number of anilines is 1. The number of nitrogens with zero attached hydrogens (tertiary/aromatic N) is 1. The van der Waals surface area contributed by atoms with Crippen molar-refractivity contribution in [1.82, 2.24) is 0 Å². The predicted octanol–water partition coefficient (Wildman–Crippen LogP) is 2.09. The van der Waals surface area contributed by atoms with Gasteiger partial charge in [-0.05, 0) is 25.5 Å². The van der Waals surface area contributed by atoms with Crippen molar-refractivity contribution in [2.45, 2.75) is 13.3 Å². The molecule has 0 aromatic heterocycles. The summed E-state index contributed by atoms with van der Waals surface area (Å²) in [5.74, 6) is 1.39. The van der Waals surface area contributed by atoms with E-state index < -0.39 is 0 Å². The highest BCUT2D eigenvalue weighted by atomic mass is 16.5. The summed E-state index contributed by atoms with van der Waals surface area (Å²) in [7, 11) is 3.28. The Balaban J connectivity index is 2.14. The lowest BCUT2D eigenvalue weighted by atomic mass is 10.1. The van der Waals surface area contributed by atoms with Crippen molar-refractivity contribution in [3.63, 3.8) is 0 Å². The normalized spacial score (nSPS) is 17.9. The SMILES string of the molecule is CCOC(=O)C1CCN(c2cc(OC)ccc2OC)C1. The molecule has 0 radical (unpaired) electrons. The molecule has 5 nitrogen and oxygen atoms in total. The van der Waals surface area contributed by atoms with Crippen molar-refractivity contribution in [3.05, 3.63) is 18.2 Å². The minimum atomic E-state index is -0.114. The fourth-order valence-corrected chi connectivity index (χ4v) is 2.48. The lowest BCUT2D eigenvalue weighted by Gasteiger charge is -2.21. The van der Waals surface area contributed by atoms with E-state index in [4.69, 9.17) is 14.2 Å². The summed E-state index contributed by atoms with van der Waals surface area (Å²) >= 11 is 0. The molecule has 1 heterocycles. The molecule has 0 bridgehead atoms. The highest BCUT2D eigenvalue weighted by Gasteiger charge is 2.30. The smallest absolute Gasteiger partial charge is 0.310 e. The summed E-state index contributed by atoms with van der Waals surface area (Å²) in [5.41, 5.74) is 0.957. The molecule has 0 aliphatic carbocycles. The molecule has 20 heavy (non-hydrogen) atoms. The van der Waals surface area contributed by atoms with Gasteiger partial charge in [0, 0.05) is 19.2 Å². The van der Waals surface area contributed by atoms with Gasteiger partial charge < -0.3 is 19.1 Å². The van der Waals surface area contributed by atoms with E-state index in [2.05, 4.69) is 4.90 Å². The number of hydrogen-bond acceptors (Lipinski definition) is 5. The highest BCUT2D eigenvalue weighted by Crippen LogP contribution is 2.35. The van der Waals surface area contributed by atoms with Crippen LogP contribution in [0.4, 0.5) is 5.69 Å². The molecule has 0 saturated carbocycles. The molecule has 0 N–H and O–H groups in total. The summed E-state index contributed by atoms with van der Waals surface area (Å²) in [6, 6.07) is 5.68. The molecular weight excluding hydrogens is 258 g/mol. The van der Waals surface area contributed by atoms with Gasteiger partial charge in [0.05, 0.1) is 32.4 Å². The highest BCUT2D eigenvalue weighted by molar-refractivity contribution is 5.75. The van der Waals surface area contributed by atoms with Gasteiger partial charge in [-0.3, -0.25) is 4.79 Å². The molecule has 1 saturated heterocycles. The van der Waals surface area contributed by atoms with Crippen LogP contribution in [0.1, 0.15) is 13.3 Å². The summed E-state index contributed by atoms with van der Waals surface area (Å²) in [4.78, 5) is 13.9. The van der Waals surface area contributed by atoms with Gasteiger partial charge in [-0.1, -0.05) is 0 Å². The van der Waals surface area contributed by atoms with Crippen LogP contribution in [0.15, 0.2) is 18.2 Å². The molecule has 0 amide bonds. The molecule has 1 atom stereocenters. The third-order valence-electron chi connectivity index (χ3n) is 3.53. The number of benzene rings is 1. The van der Waals surface area contributed by atoms with Gasteiger partial charge in [0.1, 0.15) is 11.5 Å². The molecule has 1 fully saturated rings. The van der Waals surface area contributed by atoms with Gasteiger partial charge in [0.25, 0.3) is 0 Å². The molecule has 5 heteroatoms. The van der Waals surface area contributed by atoms with Crippen LogP contribution < -0.4 is 14.4 Å². The van der Waals surface area contributed by atoms with Crippen molar-refractivity contribution in [2.75, 3.05) is 38.8 Å². The molecule has 110 valence electrons. The third-order valence-corrected chi connectivity index (χ3v) is 3.53. The monoisotopic (exact) mass is 279 g/mol. The molecule has 2 rings (SSSR count). The number of carbonyl (C=O) groups excluding carboxylic acids is 1. The number of carbonyl (C=O) groups is 1. The first-order chi connectivity index (χ1) is 9.69. The zero-order chi connectivity index (χ0) is 14.5. The molecule has 1 aliphatic rings. The minimum absolute atomic E-state index is 0.0640. The predicted molar refractivity (Wildman–Crippen MR) is 76.5 cm³/mol. The standard InChI is InChI=1S/C15H21NO4/c1-4-20-15(17)11-7-8-16(10-11)13-9-12(18-2)5-6-14(13)19-3/h5-6,9,11H,4,7-8,10H2,1-3H3. The van der Waals surface area contributed by atoms with Gasteiger partial charge in [0.15, 0.2) is 0 Å². The number of rotatable bonds is 5. The zero-order valence-electron chi connectivity index (χ0n) is 12.2. The number of hydrogen-bond donors (Lipinski definition) is 0. The first-order valence-corrected chi connectivity index (χ1v) is 6.83. The number of ether oxygens (including phenoxy) is 3. The second-order valence-corrected chi connectivity index (χ2v) is 4.72. The lowest BCUT2D eigenvalue weighted by molar-refractivity contribution is -0.147. The molecule has 1 aromatic rings.